The Labute approximate surface area is 185 Å². The Balaban J connectivity index is 1.29. The molecule has 5 nitrogen and oxygen atoms in total. The number of nitrogens with zero attached hydrogens (tertiary/aromatic N) is 2. The predicted octanol–water partition coefficient (Wildman–Crippen LogP) is 5.14. The molecule has 1 N–H and O–H groups in total. The van der Waals surface area contributed by atoms with E-state index in [0.29, 0.717) is 47.4 Å². The van der Waals surface area contributed by atoms with Gasteiger partial charge < -0.3 is 5.32 Å². The van der Waals surface area contributed by atoms with Crippen LogP contribution < -0.4 is 5.32 Å². The van der Waals surface area contributed by atoms with Gasteiger partial charge in [-0.15, -0.1) is 10.2 Å². The number of rotatable bonds is 5. The fourth-order valence-corrected chi connectivity index (χ4v) is 7.27. The van der Waals surface area contributed by atoms with Crippen molar-refractivity contribution in [3.05, 3.63) is 40.7 Å². The number of anilines is 1. The molecular formula is C24H28FN3O2S. The maximum Gasteiger partial charge on any atom is 0.226 e. The fraction of sp³-hybridized carbons (Fsp3) is 0.583. The van der Waals surface area contributed by atoms with Gasteiger partial charge in [-0.2, -0.15) is 0 Å². The van der Waals surface area contributed by atoms with Crippen molar-refractivity contribution in [2.24, 2.45) is 23.2 Å². The van der Waals surface area contributed by atoms with E-state index in [4.69, 9.17) is 0 Å². The lowest BCUT2D eigenvalue weighted by atomic mass is 9.54. The van der Waals surface area contributed by atoms with E-state index in [9.17, 15) is 14.0 Å². The van der Waals surface area contributed by atoms with Crippen molar-refractivity contribution in [2.75, 3.05) is 5.32 Å². The molecule has 31 heavy (non-hydrogen) atoms. The lowest BCUT2D eigenvalue weighted by Crippen LogP contribution is -2.44. The molecule has 0 bridgehead atoms. The van der Waals surface area contributed by atoms with E-state index < -0.39 is 0 Å². The van der Waals surface area contributed by atoms with E-state index in [1.807, 2.05) is 6.07 Å². The molecule has 5 rings (SSSR count). The van der Waals surface area contributed by atoms with Crippen LogP contribution in [0.3, 0.4) is 0 Å². The van der Waals surface area contributed by atoms with E-state index in [1.165, 1.54) is 16.9 Å². The smallest absolute Gasteiger partial charge is 0.226 e. The highest BCUT2D eigenvalue weighted by Crippen LogP contribution is 2.62. The van der Waals surface area contributed by atoms with Gasteiger partial charge in [-0.25, -0.2) is 4.39 Å². The van der Waals surface area contributed by atoms with E-state index in [-0.39, 0.29) is 17.1 Å². The number of nitrogens with one attached hydrogen (secondary N) is 1. The van der Waals surface area contributed by atoms with Crippen LogP contribution in [0.4, 0.5) is 9.52 Å². The van der Waals surface area contributed by atoms with Crippen LogP contribution in [-0.4, -0.2) is 21.9 Å². The van der Waals surface area contributed by atoms with Gasteiger partial charge in [0.15, 0.2) is 0 Å². The highest BCUT2D eigenvalue weighted by Gasteiger charge is 2.58. The molecule has 1 aromatic heterocycles. The molecule has 1 heterocycles. The molecule has 3 aliphatic carbocycles. The number of Topliss-reactive ketones (excluding diaryl/α,β-unsaturated/α-hetero) is 1. The number of benzene rings is 1. The van der Waals surface area contributed by atoms with Crippen LogP contribution in [0, 0.1) is 29.0 Å². The van der Waals surface area contributed by atoms with Crippen molar-refractivity contribution < 1.29 is 14.0 Å². The van der Waals surface area contributed by atoms with Crippen LogP contribution in [0.1, 0.15) is 68.9 Å². The zero-order valence-corrected chi connectivity index (χ0v) is 18.6. The van der Waals surface area contributed by atoms with E-state index in [0.717, 1.165) is 44.1 Å². The minimum absolute atomic E-state index is 0.0426. The summed E-state index contributed by atoms with van der Waals surface area (Å²) in [6.07, 6.45) is 6.60. The second kappa shape index (κ2) is 8.08. The van der Waals surface area contributed by atoms with E-state index in [1.54, 1.807) is 17.6 Å². The molecule has 1 amide bonds. The molecule has 2 saturated carbocycles. The summed E-state index contributed by atoms with van der Waals surface area (Å²) in [6, 6.07) is 5.27. The predicted molar refractivity (Wildman–Crippen MR) is 117 cm³/mol. The van der Waals surface area contributed by atoms with Crippen LogP contribution >= 0.6 is 11.3 Å². The molecule has 1 aromatic carbocycles. The first-order valence-corrected chi connectivity index (χ1v) is 12.2. The Morgan fingerprint density at radius 1 is 1.35 bits per heavy atom. The Bertz CT molecular complexity index is 995. The molecule has 3 unspecified atom stereocenters. The first kappa shape index (κ1) is 20.7. The Morgan fingerprint density at radius 3 is 3.03 bits per heavy atom. The summed E-state index contributed by atoms with van der Waals surface area (Å²) < 4.78 is 13.7. The third-order valence-electron chi connectivity index (χ3n) is 8.12. The van der Waals surface area contributed by atoms with Crippen molar-refractivity contribution in [1.82, 2.24) is 10.2 Å². The average Bonchev–Trinajstić information content (AvgIpc) is 3.33. The maximum absolute atomic E-state index is 13.7. The summed E-state index contributed by atoms with van der Waals surface area (Å²) in [5.74, 6) is 1.81. The molecular weight excluding hydrogens is 413 g/mol. The number of carbonyl (C=O) groups is 2. The first-order valence-electron chi connectivity index (χ1n) is 11.3. The SMILES string of the molecule is C[C@]12CCC3c4ccc(F)cc4CCC3C1[C@H](CCCC(=O)Nc1nncs1)CC2=O. The number of carbonyl (C=O) groups excluding carboxylic acids is 2. The molecule has 5 atom stereocenters. The van der Waals surface area contributed by atoms with Crippen LogP contribution in [-0.2, 0) is 16.0 Å². The van der Waals surface area contributed by atoms with Gasteiger partial charge in [0.2, 0.25) is 11.0 Å². The van der Waals surface area contributed by atoms with Crippen molar-refractivity contribution in [1.29, 1.82) is 0 Å². The highest BCUT2D eigenvalue weighted by atomic mass is 32.1. The largest absolute Gasteiger partial charge is 0.301 e. The van der Waals surface area contributed by atoms with Crippen LogP contribution in [0.15, 0.2) is 23.7 Å². The summed E-state index contributed by atoms with van der Waals surface area (Å²) in [5, 5.41) is 10.9. The quantitative estimate of drug-likeness (QED) is 0.698. The van der Waals surface area contributed by atoms with Gasteiger partial charge in [-0.05, 0) is 85.5 Å². The topological polar surface area (TPSA) is 72.0 Å². The van der Waals surface area contributed by atoms with Crippen LogP contribution in [0.5, 0.6) is 0 Å². The van der Waals surface area contributed by atoms with Gasteiger partial charge in [-0.1, -0.05) is 24.3 Å². The molecule has 0 aliphatic heterocycles. The van der Waals surface area contributed by atoms with Gasteiger partial charge in [0, 0.05) is 18.3 Å². The normalized spacial score (nSPS) is 31.6. The molecule has 7 heteroatoms. The zero-order valence-electron chi connectivity index (χ0n) is 17.8. The number of amides is 1. The molecule has 2 aromatic rings. The molecule has 0 saturated heterocycles. The van der Waals surface area contributed by atoms with Gasteiger partial charge >= 0.3 is 0 Å². The van der Waals surface area contributed by atoms with Crippen molar-refractivity contribution >= 4 is 28.2 Å². The number of hydrogen-bond donors (Lipinski definition) is 1. The molecule has 2 fully saturated rings. The summed E-state index contributed by atoms with van der Waals surface area (Å²) in [4.78, 5) is 25.3. The second-order valence-electron chi connectivity index (χ2n) is 9.71. The third kappa shape index (κ3) is 3.71. The summed E-state index contributed by atoms with van der Waals surface area (Å²) in [6.45, 7) is 2.18. The summed E-state index contributed by atoms with van der Waals surface area (Å²) in [7, 11) is 0. The van der Waals surface area contributed by atoms with Gasteiger partial charge in [0.05, 0.1) is 0 Å². The van der Waals surface area contributed by atoms with Crippen molar-refractivity contribution in [3.8, 4) is 0 Å². The maximum atomic E-state index is 13.7. The van der Waals surface area contributed by atoms with Crippen LogP contribution in [0.25, 0.3) is 0 Å². The number of fused-ring (bicyclic) bond motifs is 5. The molecule has 0 radical (unpaired) electrons. The Morgan fingerprint density at radius 2 is 2.23 bits per heavy atom. The molecule has 3 aliphatic rings. The number of hydrogen-bond acceptors (Lipinski definition) is 5. The highest BCUT2D eigenvalue weighted by molar-refractivity contribution is 7.13. The summed E-state index contributed by atoms with van der Waals surface area (Å²) >= 11 is 1.31. The standard InChI is InChI=1S/C24H28FN3O2S/c1-24-10-9-18-17-8-6-16(25)11-14(17)5-7-19(18)22(24)15(12-20(24)29)3-2-4-21(30)27-23-28-26-13-31-23/h6,8,11,13,15,18-19,22H,2-5,7,9-10,12H2,1H3,(H,27,28,30)/t15-,18?,19?,22?,24-/m1/s1. The Hall–Kier alpha value is -2.15. The Kier molecular flexibility index (Phi) is 5.40. The number of aromatic nitrogens is 2. The van der Waals surface area contributed by atoms with E-state index >= 15 is 0 Å². The lowest BCUT2D eigenvalue weighted by Gasteiger charge is -2.50. The second-order valence-corrected chi connectivity index (χ2v) is 10.5. The zero-order chi connectivity index (χ0) is 21.6. The van der Waals surface area contributed by atoms with Crippen molar-refractivity contribution in [3.63, 3.8) is 0 Å². The van der Waals surface area contributed by atoms with Gasteiger partial charge in [0.25, 0.3) is 0 Å². The number of ketones is 1. The minimum Gasteiger partial charge on any atom is -0.301 e. The van der Waals surface area contributed by atoms with Crippen molar-refractivity contribution in [2.45, 2.75) is 64.2 Å². The average molecular weight is 442 g/mol. The molecule has 164 valence electrons. The number of halogens is 1. The van der Waals surface area contributed by atoms with Gasteiger partial charge in [-0.3, -0.25) is 9.59 Å². The lowest BCUT2D eigenvalue weighted by molar-refractivity contribution is -0.129. The minimum atomic E-state index is -0.238. The third-order valence-corrected chi connectivity index (χ3v) is 8.72. The summed E-state index contributed by atoms with van der Waals surface area (Å²) in [5.41, 5.74) is 3.81. The van der Waals surface area contributed by atoms with E-state index in [2.05, 4.69) is 22.4 Å². The van der Waals surface area contributed by atoms with Gasteiger partial charge in [0.1, 0.15) is 17.1 Å². The number of aryl methyl sites for hydroxylation is 1. The molecule has 0 spiro atoms. The van der Waals surface area contributed by atoms with Crippen LogP contribution in [0.2, 0.25) is 0 Å². The first-order chi connectivity index (χ1) is 15.0. The fourth-order valence-electron chi connectivity index (χ4n) is 6.81. The monoisotopic (exact) mass is 441 g/mol.